The average molecular weight is 207 g/mol. The standard InChI is InChI=1S/C10H10FN3O/c1-6-4-7(11)2-3-8(6)10(15)9-5-12-14-13-9/h2-5,10,15H,1H3,(H,12,13,14). The number of aliphatic hydroxyl groups is 1. The molecule has 1 unspecified atom stereocenters. The number of hydrogen-bond acceptors (Lipinski definition) is 3. The van der Waals surface area contributed by atoms with Crippen molar-refractivity contribution in [3.8, 4) is 0 Å². The number of nitrogens with zero attached hydrogens (tertiary/aromatic N) is 2. The quantitative estimate of drug-likeness (QED) is 0.781. The molecule has 0 aliphatic carbocycles. The Hall–Kier alpha value is -1.75. The van der Waals surface area contributed by atoms with E-state index in [0.717, 1.165) is 0 Å². The van der Waals surface area contributed by atoms with E-state index in [4.69, 9.17) is 0 Å². The first-order chi connectivity index (χ1) is 7.18. The van der Waals surface area contributed by atoms with Gasteiger partial charge in [-0.3, -0.25) is 0 Å². The van der Waals surface area contributed by atoms with Gasteiger partial charge in [-0.15, -0.1) is 0 Å². The second-order valence-electron chi connectivity index (χ2n) is 3.30. The minimum atomic E-state index is -0.871. The molecule has 0 saturated carbocycles. The van der Waals surface area contributed by atoms with Gasteiger partial charge in [0.1, 0.15) is 17.6 Å². The van der Waals surface area contributed by atoms with Gasteiger partial charge in [-0.2, -0.15) is 15.4 Å². The van der Waals surface area contributed by atoms with Crippen LogP contribution in [0.25, 0.3) is 0 Å². The number of H-pyrrole nitrogens is 1. The Morgan fingerprint density at radius 3 is 2.87 bits per heavy atom. The highest BCUT2D eigenvalue weighted by Crippen LogP contribution is 2.22. The molecule has 78 valence electrons. The highest BCUT2D eigenvalue weighted by molar-refractivity contribution is 5.32. The maximum absolute atomic E-state index is 12.8. The van der Waals surface area contributed by atoms with Crippen molar-refractivity contribution in [1.29, 1.82) is 0 Å². The summed E-state index contributed by atoms with van der Waals surface area (Å²) in [6.07, 6.45) is 0.567. The molecule has 0 amide bonds. The van der Waals surface area contributed by atoms with Gasteiger partial charge in [-0.25, -0.2) is 4.39 Å². The monoisotopic (exact) mass is 207 g/mol. The van der Waals surface area contributed by atoms with Gasteiger partial charge in [0.2, 0.25) is 0 Å². The number of benzene rings is 1. The molecule has 5 heteroatoms. The smallest absolute Gasteiger partial charge is 0.125 e. The summed E-state index contributed by atoms with van der Waals surface area (Å²) in [4.78, 5) is 0. The van der Waals surface area contributed by atoms with Crippen LogP contribution in [-0.2, 0) is 0 Å². The third-order valence-electron chi connectivity index (χ3n) is 2.24. The molecule has 1 aromatic heterocycles. The molecule has 0 spiro atoms. The molecule has 2 N–H and O–H groups in total. The lowest BCUT2D eigenvalue weighted by Gasteiger charge is -2.10. The lowest BCUT2D eigenvalue weighted by atomic mass is 10.0. The van der Waals surface area contributed by atoms with Crippen molar-refractivity contribution in [3.63, 3.8) is 0 Å². The molecular weight excluding hydrogens is 197 g/mol. The lowest BCUT2D eigenvalue weighted by molar-refractivity contribution is 0.214. The van der Waals surface area contributed by atoms with Crippen LogP contribution < -0.4 is 0 Å². The Kier molecular flexibility index (Phi) is 2.47. The molecule has 0 aliphatic rings. The zero-order valence-electron chi connectivity index (χ0n) is 8.11. The SMILES string of the molecule is Cc1cc(F)ccc1C(O)c1cn[nH]n1. The first kappa shape index (κ1) is 9.79. The minimum absolute atomic E-state index is 0.316. The predicted molar refractivity (Wildman–Crippen MR) is 51.6 cm³/mol. The van der Waals surface area contributed by atoms with Crippen LogP contribution in [0.15, 0.2) is 24.4 Å². The van der Waals surface area contributed by atoms with Gasteiger partial charge in [0, 0.05) is 0 Å². The second-order valence-corrected chi connectivity index (χ2v) is 3.30. The molecule has 0 radical (unpaired) electrons. The number of rotatable bonds is 2. The Bertz CT molecular complexity index is 456. The summed E-state index contributed by atoms with van der Waals surface area (Å²) in [5.74, 6) is -0.316. The molecule has 1 aromatic carbocycles. The van der Waals surface area contributed by atoms with E-state index in [2.05, 4.69) is 15.4 Å². The number of nitrogens with one attached hydrogen (secondary N) is 1. The van der Waals surface area contributed by atoms with Gasteiger partial charge in [-0.05, 0) is 30.2 Å². The van der Waals surface area contributed by atoms with E-state index < -0.39 is 6.10 Å². The largest absolute Gasteiger partial charge is 0.382 e. The number of halogens is 1. The van der Waals surface area contributed by atoms with Crippen molar-refractivity contribution in [3.05, 3.63) is 47.0 Å². The van der Waals surface area contributed by atoms with Crippen LogP contribution in [0.1, 0.15) is 22.9 Å². The van der Waals surface area contributed by atoms with Crippen LogP contribution in [0.5, 0.6) is 0 Å². The summed E-state index contributed by atoms with van der Waals surface area (Å²) >= 11 is 0. The van der Waals surface area contributed by atoms with Crippen LogP contribution in [0.4, 0.5) is 4.39 Å². The predicted octanol–water partition coefficient (Wildman–Crippen LogP) is 1.33. The fourth-order valence-corrected chi connectivity index (χ4v) is 1.45. The van der Waals surface area contributed by atoms with Crippen LogP contribution in [-0.4, -0.2) is 20.5 Å². The number of aromatic amines is 1. The van der Waals surface area contributed by atoms with Crippen LogP contribution in [0.2, 0.25) is 0 Å². The van der Waals surface area contributed by atoms with E-state index in [1.54, 1.807) is 13.0 Å². The molecule has 2 aromatic rings. The van der Waals surface area contributed by atoms with Crippen molar-refractivity contribution < 1.29 is 9.50 Å². The zero-order valence-corrected chi connectivity index (χ0v) is 8.11. The summed E-state index contributed by atoms with van der Waals surface area (Å²) in [6.45, 7) is 1.74. The Morgan fingerprint density at radius 1 is 1.47 bits per heavy atom. The van der Waals surface area contributed by atoms with Crippen molar-refractivity contribution >= 4 is 0 Å². The van der Waals surface area contributed by atoms with Gasteiger partial charge in [-0.1, -0.05) is 6.07 Å². The summed E-state index contributed by atoms with van der Waals surface area (Å²) in [6, 6.07) is 4.23. The number of aliphatic hydroxyl groups excluding tert-OH is 1. The lowest BCUT2D eigenvalue weighted by Crippen LogP contribution is -2.02. The number of hydrogen-bond donors (Lipinski definition) is 2. The Balaban J connectivity index is 2.38. The van der Waals surface area contributed by atoms with E-state index in [0.29, 0.717) is 16.8 Å². The van der Waals surface area contributed by atoms with Crippen molar-refractivity contribution in [2.75, 3.05) is 0 Å². The van der Waals surface area contributed by atoms with E-state index >= 15 is 0 Å². The van der Waals surface area contributed by atoms with E-state index in [-0.39, 0.29) is 5.82 Å². The molecule has 2 rings (SSSR count). The van der Waals surface area contributed by atoms with Crippen LogP contribution in [0.3, 0.4) is 0 Å². The topological polar surface area (TPSA) is 61.8 Å². The third-order valence-corrected chi connectivity index (χ3v) is 2.24. The van der Waals surface area contributed by atoms with Crippen molar-refractivity contribution in [2.24, 2.45) is 0 Å². The van der Waals surface area contributed by atoms with Gasteiger partial charge < -0.3 is 5.11 Å². The van der Waals surface area contributed by atoms with Gasteiger partial charge in [0.15, 0.2) is 0 Å². The fourth-order valence-electron chi connectivity index (χ4n) is 1.45. The highest BCUT2D eigenvalue weighted by Gasteiger charge is 2.15. The summed E-state index contributed by atoms with van der Waals surface area (Å²) in [5, 5.41) is 19.7. The molecule has 4 nitrogen and oxygen atoms in total. The fraction of sp³-hybridized carbons (Fsp3) is 0.200. The summed E-state index contributed by atoms with van der Waals surface area (Å²) in [7, 11) is 0. The number of aromatic nitrogens is 3. The van der Waals surface area contributed by atoms with E-state index in [9.17, 15) is 9.50 Å². The average Bonchev–Trinajstić information content (AvgIpc) is 2.69. The minimum Gasteiger partial charge on any atom is -0.382 e. The van der Waals surface area contributed by atoms with Crippen molar-refractivity contribution in [1.82, 2.24) is 15.4 Å². The maximum atomic E-state index is 12.8. The van der Waals surface area contributed by atoms with Crippen LogP contribution in [0, 0.1) is 12.7 Å². The summed E-state index contributed by atoms with van der Waals surface area (Å²) in [5.41, 5.74) is 1.74. The third kappa shape index (κ3) is 1.87. The molecule has 15 heavy (non-hydrogen) atoms. The molecular formula is C10H10FN3O. The first-order valence-corrected chi connectivity index (χ1v) is 4.48. The zero-order chi connectivity index (χ0) is 10.8. The molecule has 1 heterocycles. The Labute approximate surface area is 85.8 Å². The molecule has 0 fully saturated rings. The Morgan fingerprint density at radius 2 is 2.27 bits per heavy atom. The van der Waals surface area contributed by atoms with Crippen LogP contribution >= 0.6 is 0 Å². The maximum Gasteiger partial charge on any atom is 0.125 e. The highest BCUT2D eigenvalue weighted by atomic mass is 19.1. The summed E-state index contributed by atoms with van der Waals surface area (Å²) < 4.78 is 12.8. The van der Waals surface area contributed by atoms with Gasteiger partial charge in [0.05, 0.1) is 6.20 Å². The first-order valence-electron chi connectivity index (χ1n) is 4.48. The normalized spacial score (nSPS) is 12.7. The van der Waals surface area contributed by atoms with Crippen molar-refractivity contribution in [2.45, 2.75) is 13.0 Å². The van der Waals surface area contributed by atoms with Gasteiger partial charge >= 0.3 is 0 Å². The second kappa shape index (κ2) is 3.78. The molecule has 0 aliphatic heterocycles. The molecule has 1 atom stereocenters. The molecule has 0 bridgehead atoms. The molecule has 0 saturated heterocycles. The van der Waals surface area contributed by atoms with E-state index in [1.807, 2.05) is 0 Å². The van der Waals surface area contributed by atoms with E-state index in [1.165, 1.54) is 18.3 Å². The number of aryl methyl sites for hydroxylation is 1. The van der Waals surface area contributed by atoms with Gasteiger partial charge in [0.25, 0.3) is 0 Å².